The second kappa shape index (κ2) is 7.59. The first-order valence-corrected chi connectivity index (χ1v) is 7.63. The minimum atomic E-state index is 0.126. The minimum Gasteiger partial charge on any atom is -0.352 e. The number of hydrogen-bond acceptors (Lipinski definition) is 4. The Morgan fingerprint density at radius 2 is 1.85 bits per heavy atom. The van der Waals surface area contributed by atoms with Gasteiger partial charge in [-0.25, -0.2) is 0 Å². The number of amides is 2. The number of nitrogens with zero attached hydrogens (tertiary/aromatic N) is 2. The second-order valence-electron chi connectivity index (χ2n) is 5.71. The van der Waals surface area contributed by atoms with Crippen LogP contribution in [0, 0.1) is 0 Å². The highest BCUT2D eigenvalue weighted by Crippen LogP contribution is 2.18. The molecule has 1 aliphatic carbocycles. The van der Waals surface area contributed by atoms with E-state index >= 15 is 0 Å². The van der Waals surface area contributed by atoms with Crippen LogP contribution in [-0.2, 0) is 9.59 Å². The van der Waals surface area contributed by atoms with Gasteiger partial charge in [0.25, 0.3) is 0 Å². The molecule has 0 atom stereocenters. The Morgan fingerprint density at radius 1 is 1.15 bits per heavy atom. The molecule has 2 N–H and O–H groups in total. The van der Waals surface area contributed by atoms with E-state index in [4.69, 9.17) is 0 Å². The van der Waals surface area contributed by atoms with E-state index in [0.29, 0.717) is 19.0 Å². The van der Waals surface area contributed by atoms with E-state index in [2.05, 4.69) is 15.5 Å². The van der Waals surface area contributed by atoms with Crippen molar-refractivity contribution in [2.24, 2.45) is 0 Å². The molecule has 0 bridgehead atoms. The Labute approximate surface area is 120 Å². The molecule has 2 fully saturated rings. The van der Waals surface area contributed by atoms with E-state index in [1.165, 1.54) is 0 Å². The summed E-state index contributed by atoms with van der Waals surface area (Å²) in [4.78, 5) is 27.7. The largest absolute Gasteiger partial charge is 0.352 e. The van der Waals surface area contributed by atoms with Gasteiger partial charge in [-0.15, -0.1) is 0 Å². The molecule has 114 valence electrons. The van der Waals surface area contributed by atoms with Gasteiger partial charge in [-0.05, 0) is 32.9 Å². The molecular weight excluding hydrogens is 256 g/mol. The molecule has 0 aromatic heterocycles. The average Bonchev–Trinajstić information content (AvgIpc) is 3.23. The van der Waals surface area contributed by atoms with E-state index in [9.17, 15) is 9.59 Å². The molecule has 1 saturated heterocycles. The van der Waals surface area contributed by atoms with Gasteiger partial charge in [0.05, 0.1) is 6.54 Å². The van der Waals surface area contributed by atoms with Crippen LogP contribution >= 0.6 is 0 Å². The molecule has 6 nitrogen and oxygen atoms in total. The topological polar surface area (TPSA) is 64.7 Å². The van der Waals surface area contributed by atoms with Crippen LogP contribution in [-0.4, -0.2) is 74.0 Å². The molecule has 0 spiro atoms. The summed E-state index contributed by atoms with van der Waals surface area (Å²) in [6.45, 7) is 4.45. The predicted molar refractivity (Wildman–Crippen MR) is 77.3 cm³/mol. The van der Waals surface area contributed by atoms with Crippen molar-refractivity contribution < 1.29 is 9.59 Å². The number of nitrogens with one attached hydrogen (secondary N) is 2. The second-order valence-corrected chi connectivity index (χ2v) is 5.71. The van der Waals surface area contributed by atoms with Crippen molar-refractivity contribution in [3.63, 3.8) is 0 Å². The summed E-state index contributed by atoms with van der Waals surface area (Å²) < 4.78 is 0. The van der Waals surface area contributed by atoms with Crippen LogP contribution in [0.4, 0.5) is 0 Å². The fourth-order valence-corrected chi connectivity index (χ4v) is 2.43. The normalized spacial score (nSPS) is 19.9. The lowest BCUT2D eigenvalue weighted by Crippen LogP contribution is -2.51. The maximum absolute atomic E-state index is 12.0. The van der Waals surface area contributed by atoms with E-state index in [1.54, 1.807) is 0 Å². The quantitative estimate of drug-likeness (QED) is 0.613. The summed E-state index contributed by atoms with van der Waals surface area (Å²) in [5.74, 6) is 0.364. The van der Waals surface area contributed by atoms with E-state index in [1.807, 2.05) is 11.9 Å². The Morgan fingerprint density at radius 3 is 2.45 bits per heavy atom. The summed E-state index contributed by atoms with van der Waals surface area (Å²) in [5.41, 5.74) is 0. The van der Waals surface area contributed by atoms with E-state index in [0.717, 1.165) is 52.0 Å². The number of carbonyl (C=O) groups is 2. The Kier molecular flexibility index (Phi) is 5.79. The zero-order valence-electron chi connectivity index (χ0n) is 12.4. The molecule has 0 aromatic carbocycles. The highest BCUT2D eigenvalue weighted by Gasteiger charge is 2.26. The summed E-state index contributed by atoms with van der Waals surface area (Å²) in [6, 6.07) is 0.428. The van der Waals surface area contributed by atoms with Crippen molar-refractivity contribution in [3.8, 4) is 0 Å². The van der Waals surface area contributed by atoms with Crippen LogP contribution in [0.15, 0.2) is 0 Å². The SMILES string of the molecule is CNCCCC(=O)N1CCN(CC(=O)NC2CC2)CC1. The maximum Gasteiger partial charge on any atom is 0.234 e. The zero-order valence-corrected chi connectivity index (χ0v) is 12.4. The molecule has 1 aliphatic heterocycles. The molecule has 0 radical (unpaired) electrons. The highest BCUT2D eigenvalue weighted by atomic mass is 16.2. The number of rotatable bonds is 7. The molecule has 2 aliphatic rings. The van der Waals surface area contributed by atoms with Crippen LogP contribution in [0.5, 0.6) is 0 Å². The molecule has 6 heteroatoms. The molecule has 2 rings (SSSR count). The summed E-state index contributed by atoms with van der Waals surface area (Å²) in [7, 11) is 1.90. The average molecular weight is 282 g/mol. The van der Waals surface area contributed by atoms with Gasteiger partial charge in [-0.1, -0.05) is 0 Å². The fraction of sp³-hybridized carbons (Fsp3) is 0.857. The van der Waals surface area contributed by atoms with Crippen LogP contribution < -0.4 is 10.6 Å². The van der Waals surface area contributed by atoms with Gasteiger partial charge in [0.15, 0.2) is 0 Å². The molecular formula is C14H26N4O2. The van der Waals surface area contributed by atoms with Crippen molar-refractivity contribution in [1.82, 2.24) is 20.4 Å². The predicted octanol–water partition coefficient (Wildman–Crippen LogP) is -0.591. The minimum absolute atomic E-state index is 0.126. The van der Waals surface area contributed by atoms with E-state index < -0.39 is 0 Å². The summed E-state index contributed by atoms with van der Waals surface area (Å²) in [5, 5.41) is 6.05. The molecule has 2 amide bonds. The van der Waals surface area contributed by atoms with Gasteiger partial charge in [-0.3, -0.25) is 14.5 Å². The number of piperazine rings is 1. The third-order valence-electron chi connectivity index (χ3n) is 3.85. The molecule has 20 heavy (non-hydrogen) atoms. The van der Waals surface area contributed by atoms with Crippen molar-refractivity contribution in [2.45, 2.75) is 31.7 Å². The third-order valence-corrected chi connectivity index (χ3v) is 3.85. The van der Waals surface area contributed by atoms with Crippen LogP contribution in [0.25, 0.3) is 0 Å². The van der Waals surface area contributed by atoms with Gasteiger partial charge in [0.1, 0.15) is 0 Å². The first-order valence-electron chi connectivity index (χ1n) is 7.63. The lowest BCUT2D eigenvalue weighted by molar-refractivity contribution is -0.133. The van der Waals surface area contributed by atoms with Gasteiger partial charge < -0.3 is 15.5 Å². The van der Waals surface area contributed by atoms with Crippen LogP contribution in [0.2, 0.25) is 0 Å². The molecule has 1 heterocycles. The van der Waals surface area contributed by atoms with Crippen LogP contribution in [0.1, 0.15) is 25.7 Å². The van der Waals surface area contributed by atoms with Gasteiger partial charge in [0, 0.05) is 38.6 Å². The Bertz CT molecular complexity index is 336. The Hall–Kier alpha value is -1.14. The van der Waals surface area contributed by atoms with Crippen molar-refractivity contribution in [3.05, 3.63) is 0 Å². The van der Waals surface area contributed by atoms with Crippen molar-refractivity contribution in [2.75, 3.05) is 46.3 Å². The smallest absolute Gasteiger partial charge is 0.234 e. The third kappa shape index (κ3) is 5.09. The first kappa shape index (κ1) is 15.3. The standard InChI is InChI=1S/C14H26N4O2/c1-15-6-2-3-14(20)18-9-7-17(8-10-18)11-13(19)16-12-4-5-12/h12,15H,2-11H2,1H3,(H,16,19). The maximum atomic E-state index is 12.0. The van der Waals surface area contributed by atoms with Gasteiger partial charge in [0.2, 0.25) is 11.8 Å². The lowest BCUT2D eigenvalue weighted by Gasteiger charge is -2.34. The van der Waals surface area contributed by atoms with E-state index in [-0.39, 0.29) is 11.8 Å². The fourth-order valence-electron chi connectivity index (χ4n) is 2.43. The number of hydrogen-bond donors (Lipinski definition) is 2. The zero-order chi connectivity index (χ0) is 14.4. The summed E-state index contributed by atoms with van der Waals surface area (Å²) in [6.07, 6.45) is 3.75. The number of carbonyl (C=O) groups excluding carboxylic acids is 2. The highest BCUT2D eigenvalue weighted by molar-refractivity contribution is 5.79. The lowest BCUT2D eigenvalue weighted by atomic mass is 10.2. The molecule has 0 aromatic rings. The molecule has 0 unspecified atom stereocenters. The first-order chi connectivity index (χ1) is 9.69. The molecule has 1 saturated carbocycles. The van der Waals surface area contributed by atoms with Crippen molar-refractivity contribution >= 4 is 11.8 Å². The van der Waals surface area contributed by atoms with Gasteiger partial charge in [-0.2, -0.15) is 0 Å². The summed E-state index contributed by atoms with van der Waals surface area (Å²) >= 11 is 0. The van der Waals surface area contributed by atoms with Gasteiger partial charge >= 0.3 is 0 Å². The van der Waals surface area contributed by atoms with Crippen molar-refractivity contribution in [1.29, 1.82) is 0 Å². The Balaban J connectivity index is 1.61. The van der Waals surface area contributed by atoms with Crippen LogP contribution in [0.3, 0.4) is 0 Å². The monoisotopic (exact) mass is 282 g/mol.